The van der Waals surface area contributed by atoms with Crippen molar-refractivity contribution < 1.29 is 9.53 Å². The van der Waals surface area contributed by atoms with Crippen molar-refractivity contribution in [3.05, 3.63) is 59.4 Å². The maximum absolute atomic E-state index is 13.0. The van der Waals surface area contributed by atoms with Crippen LogP contribution in [0, 0.1) is 6.92 Å². The molecule has 0 bridgehead atoms. The van der Waals surface area contributed by atoms with Crippen molar-refractivity contribution in [1.82, 2.24) is 9.97 Å². The minimum atomic E-state index is -0.377. The predicted octanol–water partition coefficient (Wildman–Crippen LogP) is 4.39. The van der Waals surface area contributed by atoms with Crippen LogP contribution in [0.1, 0.15) is 48.7 Å². The number of ether oxygens (including phenoxy) is 1. The lowest BCUT2D eigenvalue weighted by Crippen LogP contribution is -2.27. The van der Waals surface area contributed by atoms with Gasteiger partial charge >= 0.3 is 0 Å². The number of nitrogens with one attached hydrogen (secondary N) is 2. The van der Waals surface area contributed by atoms with Gasteiger partial charge in [-0.15, -0.1) is 0 Å². The summed E-state index contributed by atoms with van der Waals surface area (Å²) >= 11 is 0. The highest BCUT2D eigenvalue weighted by atomic mass is 16.5. The lowest BCUT2D eigenvalue weighted by atomic mass is 9.93. The van der Waals surface area contributed by atoms with Crippen LogP contribution in [-0.4, -0.2) is 22.5 Å². The van der Waals surface area contributed by atoms with Gasteiger partial charge in [0.15, 0.2) is 0 Å². The van der Waals surface area contributed by atoms with E-state index in [1.807, 2.05) is 24.3 Å². The number of carbonyl (C=O) groups excluding carboxylic acids is 1. The van der Waals surface area contributed by atoms with Crippen LogP contribution in [-0.2, 0) is 14.9 Å². The molecule has 0 radical (unpaired) electrons. The number of H-pyrrole nitrogens is 1. The van der Waals surface area contributed by atoms with E-state index in [2.05, 4.69) is 40.4 Å². The molecule has 1 amide bonds. The van der Waals surface area contributed by atoms with Gasteiger partial charge in [0, 0.05) is 12.3 Å². The number of benzene rings is 2. The molecule has 1 saturated heterocycles. The van der Waals surface area contributed by atoms with E-state index in [4.69, 9.17) is 4.74 Å². The topological polar surface area (TPSA) is 67.0 Å². The van der Waals surface area contributed by atoms with Gasteiger partial charge in [-0.25, -0.2) is 4.98 Å². The third-order valence-electron chi connectivity index (χ3n) is 5.75. The van der Waals surface area contributed by atoms with Crippen LogP contribution >= 0.6 is 0 Å². The van der Waals surface area contributed by atoms with Gasteiger partial charge < -0.3 is 15.0 Å². The molecule has 2 fully saturated rings. The summed E-state index contributed by atoms with van der Waals surface area (Å²) in [6.07, 6.45) is 3.94. The minimum absolute atomic E-state index is 0.0616. The molecular weight excluding hydrogens is 338 g/mol. The Balaban J connectivity index is 1.38. The quantitative estimate of drug-likeness (QED) is 0.724. The van der Waals surface area contributed by atoms with Crippen molar-refractivity contribution in [3.8, 4) is 0 Å². The van der Waals surface area contributed by atoms with Gasteiger partial charge in [0.2, 0.25) is 5.91 Å². The molecule has 2 aromatic carbocycles. The van der Waals surface area contributed by atoms with Crippen LogP contribution in [0.15, 0.2) is 42.5 Å². The lowest BCUT2D eigenvalue weighted by molar-refractivity contribution is -0.118. The molecule has 2 heterocycles. The van der Waals surface area contributed by atoms with Gasteiger partial charge in [0.05, 0.1) is 16.4 Å². The molecule has 2 N–H and O–H groups in total. The Bertz CT molecular complexity index is 1010. The Morgan fingerprint density at radius 3 is 2.89 bits per heavy atom. The molecule has 5 rings (SSSR count). The van der Waals surface area contributed by atoms with Crippen molar-refractivity contribution in [1.29, 1.82) is 0 Å². The number of hydrogen-bond donors (Lipinski definition) is 2. The van der Waals surface area contributed by atoms with Crippen LogP contribution in [0.25, 0.3) is 11.0 Å². The molecule has 2 aliphatic rings. The summed E-state index contributed by atoms with van der Waals surface area (Å²) in [4.78, 5) is 21.0. The van der Waals surface area contributed by atoms with Crippen LogP contribution in [0.4, 0.5) is 5.69 Å². The maximum Gasteiger partial charge on any atom is 0.235 e. The zero-order valence-electron chi connectivity index (χ0n) is 15.4. The average Bonchev–Trinajstić information content (AvgIpc) is 3.10. The second-order valence-corrected chi connectivity index (χ2v) is 7.76. The molecule has 27 heavy (non-hydrogen) atoms. The summed E-state index contributed by atoms with van der Waals surface area (Å²) < 4.78 is 5.71. The van der Waals surface area contributed by atoms with Gasteiger partial charge in [0.1, 0.15) is 11.9 Å². The largest absolute Gasteiger partial charge is 0.370 e. The van der Waals surface area contributed by atoms with E-state index in [1.165, 1.54) is 5.56 Å². The normalized spacial score (nSPS) is 20.7. The molecule has 5 heteroatoms. The Morgan fingerprint density at radius 2 is 2.15 bits per heavy atom. The molecular formula is C22H23N3O2. The number of aromatic nitrogens is 2. The average molecular weight is 361 g/mol. The minimum Gasteiger partial charge on any atom is -0.370 e. The number of fused-ring (bicyclic) bond motifs is 1. The highest BCUT2D eigenvalue weighted by Crippen LogP contribution is 2.49. The number of anilines is 1. The van der Waals surface area contributed by atoms with E-state index in [-0.39, 0.29) is 17.4 Å². The van der Waals surface area contributed by atoms with Gasteiger partial charge in [0.25, 0.3) is 0 Å². The van der Waals surface area contributed by atoms with E-state index in [9.17, 15) is 4.79 Å². The first-order valence-corrected chi connectivity index (χ1v) is 9.64. The van der Waals surface area contributed by atoms with Crippen molar-refractivity contribution >= 4 is 22.6 Å². The monoisotopic (exact) mass is 361 g/mol. The number of carbonyl (C=O) groups is 1. The van der Waals surface area contributed by atoms with Crippen molar-refractivity contribution in [2.24, 2.45) is 0 Å². The highest BCUT2D eigenvalue weighted by molar-refractivity contribution is 6.02. The van der Waals surface area contributed by atoms with Gasteiger partial charge in [-0.05, 0) is 56.4 Å². The standard InChI is InChI=1S/C22H23N3O2/c1-14-4-2-5-15(12-14)22(9-10-22)21(26)23-16-7-8-17-18(13-16)25-20(24-17)19-6-3-11-27-19/h2,4-5,7-8,12-13,19H,3,6,9-11H2,1H3,(H,23,26)(H,24,25). The number of imidazole rings is 1. The zero-order chi connectivity index (χ0) is 18.4. The number of aryl methyl sites for hydroxylation is 1. The molecule has 138 valence electrons. The smallest absolute Gasteiger partial charge is 0.235 e. The number of rotatable bonds is 4. The fourth-order valence-electron chi connectivity index (χ4n) is 4.02. The number of nitrogens with zero attached hydrogens (tertiary/aromatic N) is 1. The van der Waals surface area contributed by atoms with E-state index >= 15 is 0 Å². The summed E-state index contributed by atoms with van der Waals surface area (Å²) in [6, 6.07) is 14.1. The molecule has 5 nitrogen and oxygen atoms in total. The second-order valence-electron chi connectivity index (χ2n) is 7.76. The molecule has 0 spiro atoms. The Morgan fingerprint density at radius 1 is 1.26 bits per heavy atom. The zero-order valence-corrected chi connectivity index (χ0v) is 15.4. The summed E-state index contributed by atoms with van der Waals surface area (Å²) in [6.45, 7) is 2.86. The molecule has 1 aliphatic heterocycles. The first kappa shape index (κ1) is 16.5. The number of hydrogen-bond acceptors (Lipinski definition) is 3. The molecule has 1 aliphatic carbocycles. The fraction of sp³-hybridized carbons (Fsp3) is 0.364. The van der Waals surface area contributed by atoms with Crippen LogP contribution < -0.4 is 5.32 Å². The molecule has 1 aromatic heterocycles. The Kier molecular flexibility index (Phi) is 3.79. The maximum atomic E-state index is 13.0. The summed E-state index contributed by atoms with van der Waals surface area (Å²) in [7, 11) is 0. The summed E-state index contributed by atoms with van der Waals surface area (Å²) in [5.41, 5.74) is 4.55. The molecule has 3 aromatic rings. The third-order valence-corrected chi connectivity index (χ3v) is 5.75. The summed E-state index contributed by atoms with van der Waals surface area (Å²) in [5, 5.41) is 3.12. The van der Waals surface area contributed by atoms with Crippen LogP contribution in [0.2, 0.25) is 0 Å². The first-order chi connectivity index (χ1) is 13.1. The van der Waals surface area contributed by atoms with Gasteiger partial charge in [-0.2, -0.15) is 0 Å². The van der Waals surface area contributed by atoms with E-state index in [0.717, 1.165) is 60.4 Å². The Hall–Kier alpha value is -2.66. The van der Waals surface area contributed by atoms with E-state index in [0.29, 0.717) is 0 Å². The lowest BCUT2D eigenvalue weighted by Gasteiger charge is -2.16. The molecule has 1 atom stereocenters. The van der Waals surface area contributed by atoms with Crippen molar-refractivity contribution in [3.63, 3.8) is 0 Å². The Labute approximate surface area is 158 Å². The molecule has 1 saturated carbocycles. The SMILES string of the molecule is Cc1cccc(C2(C(=O)Nc3ccc4nc(C5CCCO5)[nH]c4c3)CC2)c1. The van der Waals surface area contributed by atoms with Crippen LogP contribution in [0.3, 0.4) is 0 Å². The third kappa shape index (κ3) is 2.92. The van der Waals surface area contributed by atoms with Crippen molar-refractivity contribution in [2.45, 2.75) is 44.1 Å². The van der Waals surface area contributed by atoms with Gasteiger partial charge in [-0.1, -0.05) is 29.8 Å². The fourth-order valence-corrected chi connectivity index (χ4v) is 4.02. The van der Waals surface area contributed by atoms with Gasteiger partial charge in [-0.3, -0.25) is 4.79 Å². The summed E-state index contributed by atoms with van der Waals surface area (Å²) in [5.74, 6) is 0.954. The van der Waals surface area contributed by atoms with Crippen molar-refractivity contribution in [2.75, 3.05) is 11.9 Å². The van der Waals surface area contributed by atoms with E-state index in [1.54, 1.807) is 0 Å². The number of amides is 1. The highest BCUT2D eigenvalue weighted by Gasteiger charge is 2.51. The number of aromatic amines is 1. The van der Waals surface area contributed by atoms with Crippen LogP contribution in [0.5, 0.6) is 0 Å². The van der Waals surface area contributed by atoms with E-state index < -0.39 is 0 Å². The molecule has 1 unspecified atom stereocenters. The predicted molar refractivity (Wildman–Crippen MR) is 105 cm³/mol. The second kappa shape index (κ2) is 6.20. The first-order valence-electron chi connectivity index (χ1n) is 9.64.